The van der Waals surface area contributed by atoms with E-state index in [0.717, 1.165) is 0 Å². The van der Waals surface area contributed by atoms with Gasteiger partial charge in [-0.1, -0.05) is 0 Å². The second kappa shape index (κ2) is 4.07. The third-order valence-corrected chi connectivity index (χ3v) is 3.52. The molecule has 0 amide bonds. The van der Waals surface area contributed by atoms with E-state index in [9.17, 15) is 0 Å². The van der Waals surface area contributed by atoms with E-state index >= 15 is 0 Å². The van der Waals surface area contributed by atoms with E-state index in [1.54, 1.807) is 0 Å². The minimum atomic E-state index is 0.241. The fourth-order valence-electron chi connectivity index (χ4n) is 1.80. The molecule has 1 heteroatoms. The topological polar surface area (TPSA) is 0 Å². The molecular weight excluding hydrogens is 216 g/mol. The fraction of sp³-hybridized carbons (Fsp3) is 0.571. The fourth-order valence-corrected chi connectivity index (χ4v) is 3.23. The molecular formula is C14H21Ti. The van der Waals surface area contributed by atoms with Gasteiger partial charge in [-0.05, 0) is 0 Å². The van der Waals surface area contributed by atoms with Crippen molar-refractivity contribution in [3.63, 3.8) is 0 Å². The van der Waals surface area contributed by atoms with Crippen molar-refractivity contribution in [3.8, 4) is 0 Å². The molecule has 0 N–H and O–H groups in total. The molecule has 0 fully saturated rings. The van der Waals surface area contributed by atoms with Crippen molar-refractivity contribution in [2.45, 2.75) is 52.4 Å². The first-order valence-corrected chi connectivity index (χ1v) is 6.27. The van der Waals surface area contributed by atoms with Crippen molar-refractivity contribution in [2.75, 3.05) is 0 Å². The van der Waals surface area contributed by atoms with Crippen LogP contribution in [0.5, 0.6) is 0 Å². The maximum absolute atomic E-state index is 2.28. The van der Waals surface area contributed by atoms with Gasteiger partial charge in [-0.25, -0.2) is 0 Å². The van der Waals surface area contributed by atoms with Crippen molar-refractivity contribution < 1.29 is 20.4 Å². The average molecular weight is 237 g/mol. The van der Waals surface area contributed by atoms with Crippen molar-refractivity contribution in [1.82, 2.24) is 0 Å². The summed E-state index contributed by atoms with van der Waals surface area (Å²) in [4.78, 5) is 0. The van der Waals surface area contributed by atoms with Gasteiger partial charge in [0.05, 0.1) is 0 Å². The summed E-state index contributed by atoms with van der Waals surface area (Å²) in [5.74, 6) is 0. The zero-order chi connectivity index (χ0) is 11.9. The van der Waals surface area contributed by atoms with Crippen molar-refractivity contribution >= 4 is 3.87 Å². The zero-order valence-corrected chi connectivity index (χ0v) is 12.3. The van der Waals surface area contributed by atoms with Crippen LogP contribution in [0.4, 0.5) is 0 Å². The summed E-state index contributed by atoms with van der Waals surface area (Å²) in [5.41, 5.74) is 3.42. The van der Waals surface area contributed by atoms with Gasteiger partial charge in [0.2, 0.25) is 0 Å². The number of hydrogen-bond acceptors (Lipinski definition) is 0. The molecule has 1 rings (SSSR count). The molecule has 0 radical (unpaired) electrons. The molecule has 81 valence electrons. The molecule has 1 aromatic carbocycles. The zero-order valence-electron chi connectivity index (χ0n) is 10.7. The Labute approximate surface area is 106 Å². The van der Waals surface area contributed by atoms with Crippen LogP contribution in [-0.2, 0) is 31.3 Å². The molecule has 15 heavy (non-hydrogen) atoms. The standard InChI is InChI=1S/C14H21.Ti/c1-13(2,3)11-8-7-9-12(10-11)14(4,5)6;/h7-9H,1-6H3;. The second-order valence-corrected chi connectivity index (χ2v) is 7.01. The van der Waals surface area contributed by atoms with Crippen LogP contribution < -0.4 is 3.87 Å². The summed E-state index contributed by atoms with van der Waals surface area (Å²) in [7, 11) is 0. The van der Waals surface area contributed by atoms with Crippen molar-refractivity contribution in [3.05, 3.63) is 29.3 Å². The van der Waals surface area contributed by atoms with Gasteiger partial charge in [-0.3, -0.25) is 0 Å². The van der Waals surface area contributed by atoms with Crippen molar-refractivity contribution in [1.29, 1.82) is 0 Å². The molecule has 0 saturated heterocycles. The Balaban J connectivity index is 3.37. The molecule has 1 aromatic rings. The molecule has 0 atom stereocenters. The summed E-state index contributed by atoms with van der Waals surface area (Å²) in [5, 5.41) is 0. The van der Waals surface area contributed by atoms with Crippen LogP contribution in [0.1, 0.15) is 52.7 Å². The molecule has 0 heterocycles. The van der Waals surface area contributed by atoms with Crippen LogP contribution in [0, 0.1) is 0 Å². The van der Waals surface area contributed by atoms with E-state index in [2.05, 4.69) is 80.2 Å². The van der Waals surface area contributed by atoms with E-state index in [1.807, 2.05) is 0 Å². The molecule has 0 aliphatic rings. The molecule has 0 aromatic heterocycles. The predicted molar refractivity (Wildman–Crippen MR) is 63.5 cm³/mol. The monoisotopic (exact) mass is 237 g/mol. The molecule has 0 aliphatic carbocycles. The van der Waals surface area contributed by atoms with Gasteiger partial charge < -0.3 is 0 Å². The SMILES string of the molecule is CC(C)(C)c1cccc(C(C)(C)C)[c]1[Ti]. The summed E-state index contributed by atoms with van der Waals surface area (Å²) >= 11 is 2.25. The first-order chi connectivity index (χ1) is 6.64. The summed E-state index contributed by atoms with van der Waals surface area (Å²) in [6, 6.07) is 6.70. The summed E-state index contributed by atoms with van der Waals surface area (Å²) in [6.45, 7) is 13.7. The van der Waals surface area contributed by atoms with E-state index in [0.29, 0.717) is 0 Å². The van der Waals surface area contributed by atoms with Crippen LogP contribution in [0.15, 0.2) is 18.2 Å². The van der Waals surface area contributed by atoms with Gasteiger partial charge in [0, 0.05) is 0 Å². The van der Waals surface area contributed by atoms with Gasteiger partial charge in [-0.2, -0.15) is 0 Å². The van der Waals surface area contributed by atoms with E-state index in [1.165, 1.54) is 15.0 Å². The van der Waals surface area contributed by atoms with E-state index in [-0.39, 0.29) is 10.8 Å². The second-order valence-electron chi connectivity index (χ2n) is 6.23. The van der Waals surface area contributed by atoms with Crippen molar-refractivity contribution in [2.24, 2.45) is 0 Å². The maximum atomic E-state index is 2.28. The molecule has 0 unspecified atom stereocenters. The quantitative estimate of drug-likeness (QED) is 0.606. The Hall–Kier alpha value is -0.0657. The Kier molecular flexibility index (Phi) is 3.53. The normalized spacial score (nSPS) is 12.9. The van der Waals surface area contributed by atoms with Crippen LogP contribution in [0.25, 0.3) is 0 Å². The van der Waals surface area contributed by atoms with Gasteiger partial charge in [-0.15, -0.1) is 0 Å². The molecule has 0 aliphatic heterocycles. The van der Waals surface area contributed by atoms with Crippen LogP contribution in [0.2, 0.25) is 0 Å². The summed E-state index contributed by atoms with van der Waals surface area (Å²) < 4.78 is 1.46. The Morgan fingerprint density at radius 1 is 0.800 bits per heavy atom. The van der Waals surface area contributed by atoms with Gasteiger partial charge in [0.15, 0.2) is 0 Å². The van der Waals surface area contributed by atoms with Gasteiger partial charge in [0.1, 0.15) is 0 Å². The first kappa shape index (κ1) is 13.0. The number of rotatable bonds is 0. The average Bonchev–Trinajstić information content (AvgIpc) is 1.99. The predicted octanol–water partition coefficient (Wildman–Crippen LogP) is 3.45. The third-order valence-electron chi connectivity index (χ3n) is 2.68. The molecule has 0 nitrogen and oxygen atoms in total. The third kappa shape index (κ3) is 2.95. The molecule has 0 bridgehead atoms. The minimum absolute atomic E-state index is 0.241. The molecule has 0 saturated carbocycles. The van der Waals surface area contributed by atoms with Gasteiger partial charge >= 0.3 is 106 Å². The Morgan fingerprint density at radius 2 is 1.13 bits per heavy atom. The number of hydrogen-bond donors (Lipinski definition) is 0. The number of benzene rings is 1. The molecule has 0 spiro atoms. The van der Waals surface area contributed by atoms with Crippen LogP contribution in [0.3, 0.4) is 0 Å². The summed E-state index contributed by atoms with van der Waals surface area (Å²) in [6.07, 6.45) is 0. The van der Waals surface area contributed by atoms with E-state index in [4.69, 9.17) is 0 Å². The van der Waals surface area contributed by atoms with Gasteiger partial charge in [0.25, 0.3) is 0 Å². The Bertz CT molecular complexity index is 318. The Morgan fingerprint density at radius 3 is 1.40 bits per heavy atom. The van der Waals surface area contributed by atoms with Crippen LogP contribution >= 0.6 is 0 Å². The van der Waals surface area contributed by atoms with E-state index < -0.39 is 0 Å². The first-order valence-electron chi connectivity index (χ1n) is 5.49. The van der Waals surface area contributed by atoms with Crippen LogP contribution in [-0.4, -0.2) is 0 Å².